The third-order valence-electron chi connectivity index (χ3n) is 3.04. The standard InChI is InChI=1S/C16H22ClN3O4/c1-10(2)8-19-14(21)9-24-15(22)7-13(20-16(18)23)11-5-3-4-6-12(11)17/h3-6,10,13H,7-9H2,1-2H3,(H,19,21)(H3,18,20,23)/t13-/m1/s1. The Morgan fingerprint density at radius 3 is 2.50 bits per heavy atom. The summed E-state index contributed by atoms with van der Waals surface area (Å²) >= 11 is 6.08. The lowest BCUT2D eigenvalue weighted by atomic mass is 10.0. The maximum absolute atomic E-state index is 11.9. The van der Waals surface area contributed by atoms with Crippen LogP contribution < -0.4 is 16.4 Å². The van der Waals surface area contributed by atoms with Crippen LogP contribution in [-0.2, 0) is 14.3 Å². The molecule has 1 aromatic carbocycles. The van der Waals surface area contributed by atoms with Gasteiger partial charge in [-0.3, -0.25) is 9.59 Å². The van der Waals surface area contributed by atoms with Gasteiger partial charge in [0, 0.05) is 11.6 Å². The Bertz CT molecular complexity index is 592. The number of nitrogens with one attached hydrogen (secondary N) is 2. The fourth-order valence-corrected chi connectivity index (χ4v) is 2.18. The van der Waals surface area contributed by atoms with Crippen molar-refractivity contribution in [3.63, 3.8) is 0 Å². The molecule has 0 fully saturated rings. The molecule has 0 aliphatic heterocycles. The molecule has 0 spiro atoms. The van der Waals surface area contributed by atoms with Gasteiger partial charge in [0.1, 0.15) is 0 Å². The molecule has 0 saturated heterocycles. The monoisotopic (exact) mass is 355 g/mol. The molecular formula is C16H22ClN3O4. The predicted octanol–water partition coefficient (Wildman–Crippen LogP) is 1.75. The molecule has 132 valence electrons. The van der Waals surface area contributed by atoms with Crippen molar-refractivity contribution in [1.82, 2.24) is 10.6 Å². The Balaban J connectivity index is 2.61. The van der Waals surface area contributed by atoms with Crippen LogP contribution in [0.3, 0.4) is 0 Å². The van der Waals surface area contributed by atoms with E-state index in [-0.39, 0.29) is 18.9 Å². The molecule has 0 aromatic heterocycles. The van der Waals surface area contributed by atoms with Crippen molar-refractivity contribution >= 4 is 29.5 Å². The fourth-order valence-electron chi connectivity index (χ4n) is 1.91. The summed E-state index contributed by atoms with van der Waals surface area (Å²) in [6.45, 7) is 4.03. The molecule has 0 heterocycles. The van der Waals surface area contributed by atoms with Crippen LogP contribution >= 0.6 is 11.6 Å². The average Bonchev–Trinajstić information content (AvgIpc) is 2.50. The molecule has 0 radical (unpaired) electrons. The lowest BCUT2D eigenvalue weighted by molar-refractivity contribution is -0.149. The van der Waals surface area contributed by atoms with Gasteiger partial charge < -0.3 is 21.1 Å². The SMILES string of the molecule is CC(C)CNC(=O)COC(=O)C[C@@H](NC(N)=O)c1ccccc1Cl. The van der Waals surface area contributed by atoms with Gasteiger partial charge in [0.05, 0.1) is 12.5 Å². The molecular weight excluding hydrogens is 334 g/mol. The number of amides is 3. The zero-order chi connectivity index (χ0) is 18.1. The number of rotatable bonds is 8. The lowest BCUT2D eigenvalue weighted by Crippen LogP contribution is -2.35. The third kappa shape index (κ3) is 7.32. The van der Waals surface area contributed by atoms with Crippen molar-refractivity contribution in [3.05, 3.63) is 34.9 Å². The second-order valence-corrected chi connectivity index (χ2v) is 6.05. The molecule has 4 N–H and O–H groups in total. The van der Waals surface area contributed by atoms with E-state index in [1.165, 1.54) is 0 Å². The van der Waals surface area contributed by atoms with Gasteiger partial charge in [0.15, 0.2) is 6.61 Å². The first-order valence-corrected chi connectivity index (χ1v) is 7.90. The fraction of sp³-hybridized carbons (Fsp3) is 0.438. The van der Waals surface area contributed by atoms with Gasteiger partial charge in [-0.05, 0) is 17.5 Å². The maximum atomic E-state index is 11.9. The Morgan fingerprint density at radius 1 is 1.25 bits per heavy atom. The van der Waals surface area contributed by atoms with E-state index in [0.717, 1.165) is 0 Å². The van der Waals surface area contributed by atoms with Crippen LogP contribution in [0.4, 0.5) is 4.79 Å². The number of ether oxygens (including phenoxy) is 1. The lowest BCUT2D eigenvalue weighted by Gasteiger charge is -2.18. The Kier molecular flexibility index (Phi) is 8.05. The van der Waals surface area contributed by atoms with Gasteiger partial charge in [-0.2, -0.15) is 0 Å². The highest BCUT2D eigenvalue weighted by Crippen LogP contribution is 2.25. The first-order chi connectivity index (χ1) is 11.3. The molecule has 1 aromatic rings. The van der Waals surface area contributed by atoms with E-state index in [1.54, 1.807) is 24.3 Å². The number of hydrogen-bond donors (Lipinski definition) is 3. The van der Waals surface area contributed by atoms with E-state index in [4.69, 9.17) is 22.1 Å². The van der Waals surface area contributed by atoms with Gasteiger partial charge in [0.25, 0.3) is 5.91 Å². The van der Waals surface area contributed by atoms with Gasteiger partial charge in [0.2, 0.25) is 0 Å². The zero-order valence-corrected chi connectivity index (χ0v) is 14.4. The summed E-state index contributed by atoms with van der Waals surface area (Å²) in [5.74, 6) is -0.725. The molecule has 0 saturated carbocycles. The number of hydrogen-bond acceptors (Lipinski definition) is 4. The molecule has 0 bridgehead atoms. The zero-order valence-electron chi connectivity index (χ0n) is 13.7. The van der Waals surface area contributed by atoms with E-state index in [9.17, 15) is 14.4 Å². The van der Waals surface area contributed by atoms with E-state index in [2.05, 4.69) is 10.6 Å². The summed E-state index contributed by atoms with van der Waals surface area (Å²) in [7, 11) is 0. The summed E-state index contributed by atoms with van der Waals surface area (Å²) in [5.41, 5.74) is 5.68. The van der Waals surface area contributed by atoms with E-state index in [0.29, 0.717) is 23.0 Å². The van der Waals surface area contributed by atoms with Crippen molar-refractivity contribution in [3.8, 4) is 0 Å². The van der Waals surface area contributed by atoms with Crippen LogP contribution in [0.1, 0.15) is 31.9 Å². The Morgan fingerprint density at radius 2 is 1.92 bits per heavy atom. The number of benzene rings is 1. The molecule has 3 amide bonds. The highest BCUT2D eigenvalue weighted by atomic mass is 35.5. The number of carbonyl (C=O) groups excluding carboxylic acids is 3. The topological polar surface area (TPSA) is 111 Å². The van der Waals surface area contributed by atoms with Crippen molar-refractivity contribution in [2.45, 2.75) is 26.3 Å². The van der Waals surface area contributed by atoms with Crippen molar-refractivity contribution in [2.75, 3.05) is 13.2 Å². The number of primary amides is 1. The molecule has 24 heavy (non-hydrogen) atoms. The van der Waals surface area contributed by atoms with E-state index >= 15 is 0 Å². The van der Waals surface area contributed by atoms with Gasteiger partial charge in [-0.15, -0.1) is 0 Å². The Hall–Kier alpha value is -2.28. The molecule has 8 heteroatoms. The van der Waals surface area contributed by atoms with E-state index < -0.39 is 18.0 Å². The average molecular weight is 356 g/mol. The van der Waals surface area contributed by atoms with Crippen LogP contribution in [0.25, 0.3) is 0 Å². The second kappa shape index (κ2) is 9.77. The van der Waals surface area contributed by atoms with Gasteiger partial charge >= 0.3 is 12.0 Å². The number of carbonyl (C=O) groups is 3. The number of nitrogens with two attached hydrogens (primary N) is 1. The van der Waals surface area contributed by atoms with Crippen molar-refractivity contribution < 1.29 is 19.1 Å². The first kappa shape index (κ1) is 19.8. The number of esters is 1. The highest BCUT2D eigenvalue weighted by molar-refractivity contribution is 6.31. The smallest absolute Gasteiger partial charge is 0.312 e. The maximum Gasteiger partial charge on any atom is 0.312 e. The minimum atomic E-state index is -0.789. The largest absolute Gasteiger partial charge is 0.456 e. The summed E-state index contributed by atoms with van der Waals surface area (Å²) < 4.78 is 4.92. The number of halogens is 1. The molecule has 1 atom stereocenters. The minimum Gasteiger partial charge on any atom is -0.456 e. The third-order valence-corrected chi connectivity index (χ3v) is 3.38. The molecule has 0 unspecified atom stereocenters. The summed E-state index contributed by atoms with van der Waals surface area (Å²) in [6.07, 6.45) is -0.190. The summed E-state index contributed by atoms with van der Waals surface area (Å²) in [4.78, 5) is 34.6. The normalized spacial score (nSPS) is 11.7. The predicted molar refractivity (Wildman–Crippen MR) is 90.3 cm³/mol. The van der Waals surface area contributed by atoms with Crippen LogP contribution in [-0.4, -0.2) is 31.1 Å². The Labute approximate surface area is 145 Å². The van der Waals surface area contributed by atoms with Crippen LogP contribution in [0.2, 0.25) is 5.02 Å². The quantitative estimate of drug-likeness (QED) is 0.617. The van der Waals surface area contributed by atoms with Crippen molar-refractivity contribution in [2.24, 2.45) is 11.7 Å². The summed E-state index contributed by atoms with van der Waals surface area (Å²) in [5, 5.41) is 5.47. The second-order valence-electron chi connectivity index (χ2n) is 5.65. The summed E-state index contributed by atoms with van der Waals surface area (Å²) in [6, 6.07) is 5.24. The van der Waals surface area contributed by atoms with Gasteiger partial charge in [-0.25, -0.2) is 4.79 Å². The number of urea groups is 1. The van der Waals surface area contributed by atoms with E-state index in [1.807, 2.05) is 13.8 Å². The van der Waals surface area contributed by atoms with Crippen LogP contribution in [0.5, 0.6) is 0 Å². The minimum absolute atomic E-state index is 0.190. The van der Waals surface area contributed by atoms with Crippen molar-refractivity contribution in [1.29, 1.82) is 0 Å². The van der Waals surface area contributed by atoms with Crippen LogP contribution in [0, 0.1) is 5.92 Å². The molecule has 0 aliphatic rings. The first-order valence-electron chi connectivity index (χ1n) is 7.52. The highest BCUT2D eigenvalue weighted by Gasteiger charge is 2.21. The molecule has 0 aliphatic carbocycles. The molecule has 7 nitrogen and oxygen atoms in total. The van der Waals surface area contributed by atoms with Crippen LogP contribution in [0.15, 0.2) is 24.3 Å². The van der Waals surface area contributed by atoms with Gasteiger partial charge in [-0.1, -0.05) is 43.6 Å². The molecule has 1 rings (SSSR count).